The summed E-state index contributed by atoms with van der Waals surface area (Å²) in [5, 5.41) is 19.5. The molecular formula is C15H20ClN3OS. The fraction of sp³-hybridized carbons (Fsp3) is 0.400. The maximum atomic E-state index is 9.72. The number of hydrogen-bond acceptors (Lipinski definition) is 5. The van der Waals surface area contributed by atoms with Gasteiger partial charge in [0.2, 0.25) is 0 Å². The molecule has 0 aliphatic carbocycles. The largest absolute Gasteiger partial charge is 0.391 e. The molecule has 2 atom stereocenters. The van der Waals surface area contributed by atoms with E-state index in [0.29, 0.717) is 12.5 Å². The maximum Gasteiger partial charge on any atom is 0.123 e. The van der Waals surface area contributed by atoms with Gasteiger partial charge in [-0.3, -0.25) is 0 Å². The van der Waals surface area contributed by atoms with Gasteiger partial charge in [-0.05, 0) is 0 Å². The van der Waals surface area contributed by atoms with Gasteiger partial charge in [0.25, 0.3) is 0 Å². The first-order valence-corrected chi connectivity index (χ1v) is 7.80. The highest BCUT2D eigenvalue weighted by molar-refractivity contribution is 7.13. The summed E-state index contributed by atoms with van der Waals surface area (Å²) >= 11 is 1.67. The molecule has 0 spiro atoms. The van der Waals surface area contributed by atoms with Crippen LogP contribution in [0, 0.1) is 5.92 Å². The minimum atomic E-state index is -0.224. The van der Waals surface area contributed by atoms with Gasteiger partial charge in [0.05, 0.1) is 11.8 Å². The molecule has 1 aliphatic heterocycles. The first kappa shape index (κ1) is 16.4. The van der Waals surface area contributed by atoms with Gasteiger partial charge >= 0.3 is 0 Å². The number of aliphatic hydroxyl groups excluding tert-OH is 1. The van der Waals surface area contributed by atoms with E-state index in [1.54, 1.807) is 11.3 Å². The number of hydrogen-bond donors (Lipinski definition) is 3. The molecule has 6 heteroatoms. The zero-order valence-corrected chi connectivity index (χ0v) is 13.3. The molecular weight excluding hydrogens is 306 g/mol. The quantitative estimate of drug-likeness (QED) is 0.786. The van der Waals surface area contributed by atoms with Gasteiger partial charge < -0.3 is 15.7 Å². The molecule has 2 aromatic rings. The van der Waals surface area contributed by atoms with E-state index in [-0.39, 0.29) is 18.5 Å². The minimum Gasteiger partial charge on any atom is -0.391 e. The van der Waals surface area contributed by atoms with Gasteiger partial charge in [0.1, 0.15) is 5.01 Å². The highest BCUT2D eigenvalue weighted by atomic mass is 35.5. The van der Waals surface area contributed by atoms with Crippen LogP contribution in [0.25, 0.3) is 10.6 Å². The van der Waals surface area contributed by atoms with Crippen molar-refractivity contribution in [2.24, 2.45) is 5.92 Å². The Hall–Kier alpha value is -0.980. The lowest BCUT2D eigenvalue weighted by Gasteiger charge is -2.13. The summed E-state index contributed by atoms with van der Waals surface area (Å²) < 4.78 is 0. The standard InChI is InChI=1S/C15H19N3OS.ClH/c19-14-9-17-7-12(14)6-16-8-13-10-20-15(18-13)11-4-2-1-3-5-11;/h1-5,10,12,14,16-17,19H,6-9H2;1H. The number of rotatable bonds is 5. The second kappa shape index (κ2) is 7.87. The molecule has 0 radical (unpaired) electrons. The summed E-state index contributed by atoms with van der Waals surface area (Å²) in [4.78, 5) is 4.64. The van der Waals surface area contributed by atoms with Crippen LogP contribution >= 0.6 is 23.7 Å². The van der Waals surface area contributed by atoms with Crippen LogP contribution in [0.3, 0.4) is 0 Å². The van der Waals surface area contributed by atoms with Crippen LogP contribution in [-0.4, -0.2) is 35.8 Å². The van der Waals surface area contributed by atoms with Crippen molar-refractivity contribution in [3.8, 4) is 10.6 Å². The average molecular weight is 326 g/mol. The first-order chi connectivity index (χ1) is 9.83. The Morgan fingerprint density at radius 1 is 1.29 bits per heavy atom. The highest BCUT2D eigenvalue weighted by Gasteiger charge is 2.24. The monoisotopic (exact) mass is 325 g/mol. The Balaban J connectivity index is 0.00000161. The fourth-order valence-corrected chi connectivity index (χ4v) is 3.24. The normalized spacial score (nSPS) is 21.2. The Bertz CT molecular complexity index is 549. The molecule has 114 valence electrons. The van der Waals surface area contributed by atoms with Gasteiger partial charge in [-0.25, -0.2) is 4.98 Å². The van der Waals surface area contributed by atoms with Crippen LogP contribution in [0.2, 0.25) is 0 Å². The van der Waals surface area contributed by atoms with Gasteiger partial charge in [-0.2, -0.15) is 0 Å². The van der Waals surface area contributed by atoms with Crippen LogP contribution in [0.5, 0.6) is 0 Å². The summed E-state index contributed by atoms with van der Waals surface area (Å²) in [7, 11) is 0. The van der Waals surface area contributed by atoms with Crippen LogP contribution in [-0.2, 0) is 6.54 Å². The molecule has 0 amide bonds. The summed E-state index contributed by atoms with van der Waals surface area (Å²) in [6, 6.07) is 10.2. The van der Waals surface area contributed by atoms with Crippen molar-refractivity contribution < 1.29 is 5.11 Å². The van der Waals surface area contributed by atoms with E-state index in [0.717, 1.165) is 30.3 Å². The molecule has 3 rings (SSSR count). The smallest absolute Gasteiger partial charge is 0.123 e. The lowest BCUT2D eigenvalue weighted by atomic mass is 10.1. The second-order valence-corrected chi connectivity index (χ2v) is 5.98. The lowest BCUT2D eigenvalue weighted by molar-refractivity contribution is 0.146. The SMILES string of the molecule is Cl.OC1CNCC1CNCc1csc(-c2ccccc2)n1. The van der Waals surface area contributed by atoms with Crippen LogP contribution in [0.4, 0.5) is 0 Å². The van der Waals surface area contributed by atoms with Crippen molar-refractivity contribution in [3.05, 3.63) is 41.4 Å². The van der Waals surface area contributed by atoms with Gasteiger partial charge in [-0.15, -0.1) is 23.7 Å². The Labute approximate surface area is 135 Å². The predicted octanol–water partition coefficient (Wildman–Crippen LogP) is 1.90. The molecule has 4 nitrogen and oxygen atoms in total. The van der Waals surface area contributed by atoms with Crippen LogP contribution in [0.1, 0.15) is 5.69 Å². The number of thiazole rings is 1. The number of aromatic nitrogens is 1. The van der Waals surface area contributed by atoms with Crippen molar-refractivity contribution in [3.63, 3.8) is 0 Å². The summed E-state index contributed by atoms with van der Waals surface area (Å²) in [5.41, 5.74) is 2.23. The summed E-state index contributed by atoms with van der Waals surface area (Å²) in [6.45, 7) is 3.18. The van der Waals surface area contributed by atoms with Crippen molar-refractivity contribution >= 4 is 23.7 Å². The molecule has 1 aromatic carbocycles. The van der Waals surface area contributed by atoms with E-state index in [2.05, 4.69) is 33.1 Å². The number of aliphatic hydroxyl groups is 1. The van der Waals surface area contributed by atoms with Gasteiger partial charge in [0.15, 0.2) is 0 Å². The van der Waals surface area contributed by atoms with Crippen molar-refractivity contribution in [2.45, 2.75) is 12.6 Å². The predicted molar refractivity (Wildman–Crippen MR) is 88.9 cm³/mol. The number of β-amino-alcohol motifs (C(OH)–C–C–N with tert-alkyl or cyclic N) is 1. The highest BCUT2D eigenvalue weighted by Crippen LogP contribution is 2.23. The minimum absolute atomic E-state index is 0. The van der Waals surface area contributed by atoms with Crippen LogP contribution < -0.4 is 10.6 Å². The van der Waals surface area contributed by atoms with E-state index < -0.39 is 0 Å². The fourth-order valence-electron chi connectivity index (χ4n) is 2.41. The number of benzene rings is 1. The molecule has 1 saturated heterocycles. The molecule has 2 heterocycles. The Kier molecular flexibility index (Phi) is 6.14. The third-order valence-corrected chi connectivity index (χ3v) is 4.53. The second-order valence-electron chi connectivity index (χ2n) is 5.13. The molecule has 1 aromatic heterocycles. The Morgan fingerprint density at radius 3 is 2.81 bits per heavy atom. The van der Waals surface area contributed by atoms with E-state index in [1.807, 2.05) is 18.2 Å². The lowest BCUT2D eigenvalue weighted by Crippen LogP contribution is -2.30. The van der Waals surface area contributed by atoms with Gasteiger partial charge in [0, 0.05) is 43.0 Å². The average Bonchev–Trinajstić information content (AvgIpc) is 3.10. The van der Waals surface area contributed by atoms with E-state index in [1.165, 1.54) is 5.56 Å². The molecule has 1 fully saturated rings. The van der Waals surface area contributed by atoms with E-state index >= 15 is 0 Å². The summed E-state index contributed by atoms with van der Waals surface area (Å²) in [6.07, 6.45) is -0.224. The van der Waals surface area contributed by atoms with Gasteiger partial charge in [-0.1, -0.05) is 30.3 Å². The molecule has 1 aliphatic rings. The van der Waals surface area contributed by atoms with Crippen molar-refractivity contribution in [1.29, 1.82) is 0 Å². The van der Waals surface area contributed by atoms with E-state index in [4.69, 9.17) is 0 Å². The third-order valence-electron chi connectivity index (χ3n) is 3.59. The first-order valence-electron chi connectivity index (χ1n) is 6.92. The van der Waals surface area contributed by atoms with Crippen molar-refractivity contribution in [2.75, 3.05) is 19.6 Å². The number of halogens is 1. The summed E-state index contributed by atoms with van der Waals surface area (Å²) in [5.74, 6) is 0.308. The van der Waals surface area contributed by atoms with Crippen molar-refractivity contribution in [1.82, 2.24) is 15.6 Å². The number of nitrogens with zero attached hydrogens (tertiary/aromatic N) is 1. The molecule has 3 N–H and O–H groups in total. The zero-order chi connectivity index (χ0) is 13.8. The Morgan fingerprint density at radius 2 is 2.10 bits per heavy atom. The molecule has 21 heavy (non-hydrogen) atoms. The molecule has 2 unspecified atom stereocenters. The van der Waals surface area contributed by atoms with Crippen LogP contribution in [0.15, 0.2) is 35.7 Å². The third kappa shape index (κ3) is 4.25. The maximum absolute atomic E-state index is 9.72. The topological polar surface area (TPSA) is 57.2 Å². The number of nitrogens with one attached hydrogen (secondary N) is 2. The molecule has 0 bridgehead atoms. The molecule has 0 saturated carbocycles. The van der Waals surface area contributed by atoms with E-state index in [9.17, 15) is 5.11 Å². The zero-order valence-electron chi connectivity index (χ0n) is 11.7.